The number of rotatable bonds is 8. The molecule has 42 heavy (non-hydrogen) atoms. The number of carbonyl (C=O) groups is 1. The fourth-order valence-electron chi connectivity index (χ4n) is 7.13. The summed E-state index contributed by atoms with van der Waals surface area (Å²) < 4.78 is 11.1. The summed E-state index contributed by atoms with van der Waals surface area (Å²) in [6, 6.07) is 8.45. The second kappa shape index (κ2) is 10.4. The molecule has 0 aliphatic heterocycles. The zero-order valence-corrected chi connectivity index (χ0v) is 25.5. The van der Waals surface area contributed by atoms with Crippen molar-refractivity contribution in [2.24, 2.45) is 11.3 Å². The van der Waals surface area contributed by atoms with Crippen molar-refractivity contribution >= 4 is 11.6 Å². The normalized spacial score (nSPS) is 28.8. The average Bonchev–Trinajstić information content (AvgIpc) is 3.48. The van der Waals surface area contributed by atoms with Crippen molar-refractivity contribution in [2.45, 2.75) is 102 Å². The third-order valence-corrected chi connectivity index (χ3v) is 9.82. The van der Waals surface area contributed by atoms with Crippen LogP contribution in [0.25, 0.3) is 11.1 Å². The lowest BCUT2D eigenvalue weighted by atomic mass is 9.53. The Hall–Kier alpha value is -3.33. The van der Waals surface area contributed by atoms with Crippen LogP contribution >= 0.6 is 0 Å². The summed E-state index contributed by atoms with van der Waals surface area (Å²) in [4.78, 5) is 29.6. The molecule has 0 unspecified atom stereocenters. The molecular formula is C33H43N5O4. The number of fused-ring (bicyclic) bond motifs is 3. The second-order valence-corrected chi connectivity index (χ2v) is 14.2. The van der Waals surface area contributed by atoms with Gasteiger partial charge in [0.15, 0.2) is 5.82 Å². The zero-order valence-electron chi connectivity index (χ0n) is 25.5. The van der Waals surface area contributed by atoms with E-state index in [0.29, 0.717) is 37.9 Å². The maximum Gasteiger partial charge on any atom is 0.316 e. The number of hydrogen-bond donors (Lipinski definition) is 1. The highest BCUT2D eigenvalue weighted by molar-refractivity contribution is 5.96. The summed E-state index contributed by atoms with van der Waals surface area (Å²) in [5.74, 6) is 1.48. The van der Waals surface area contributed by atoms with Gasteiger partial charge in [-0.1, -0.05) is 38.1 Å². The Morgan fingerprint density at radius 2 is 1.74 bits per heavy atom. The molecular weight excluding hydrogens is 530 g/mol. The van der Waals surface area contributed by atoms with E-state index in [4.69, 9.17) is 14.2 Å². The third-order valence-electron chi connectivity index (χ3n) is 9.82. The van der Waals surface area contributed by atoms with E-state index >= 15 is 0 Å². The van der Waals surface area contributed by atoms with Crippen molar-refractivity contribution in [3.8, 4) is 17.1 Å². The van der Waals surface area contributed by atoms with Crippen LogP contribution in [0.4, 0.5) is 5.69 Å². The summed E-state index contributed by atoms with van der Waals surface area (Å²) in [5.41, 5.74) is 1.76. The lowest BCUT2D eigenvalue weighted by Gasteiger charge is -2.54. The average molecular weight is 574 g/mol. The Morgan fingerprint density at radius 3 is 2.31 bits per heavy atom. The van der Waals surface area contributed by atoms with Crippen molar-refractivity contribution in [1.82, 2.24) is 20.1 Å². The van der Waals surface area contributed by atoms with E-state index < -0.39 is 5.60 Å². The molecule has 2 bridgehead atoms. The first-order valence-corrected chi connectivity index (χ1v) is 15.3. The maximum absolute atomic E-state index is 14.0. The molecule has 9 heteroatoms. The van der Waals surface area contributed by atoms with Crippen LogP contribution in [-0.2, 0) is 15.6 Å². The van der Waals surface area contributed by atoms with E-state index in [1.165, 1.54) is 0 Å². The predicted octanol–water partition coefficient (Wildman–Crippen LogP) is 6.01. The minimum Gasteiger partial charge on any atom is -0.464 e. The maximum atomic E-state index is 14.0. The van der Waals surface area contributed by atoms with Crippen LogP contribution in [0, 0.1) is 11.3 Å². The van der Waals surface area contributed by atoms with Gasteiger partial charge in [-0.15, -0.1) is 0 Å². The molecule has 4 saturated carbocycles. The number of carbonyl (C=O) groups excluding carboxylic acids is 1. The monoisotopic (exact) mass is 573 g/mol. The summed E-state index contributed by atoms with van der Waals surface area (Å²) in [6.07, 6.45) is 10.6. The van der Waals surface area contributed by atoms with E-state index in [1.807, 2.05) is 36.9 Å². The number of aliphatic hydroxyl groups is 1. The Balaban J connectivity index is 1.25. The fourth-order valence-corrected chi connectivity index (χ4v) is 7.13. The summed E-state index contributed by atoms with van der Waals surface area (Å²) >= 11 is 0. The van der Waals surface area contributed by atoms with Gasteiger partial charge in [0.1, 0.15) is 0 Å². The molecule has 2 aromatic heterocycles. The summed E-state index contributed by atoms with van der Waals surface area (Å²) in [7, 11) is 0. The van der Waals surface area contributed by atoms with Crippen LogP contribution in [0.1, 0.15) is 97.7 Å². The van der Waals surface area contributed by atoms with Crippen LogP contribution in [0.2, 0.25) is 0 Å². The van der Waals surface area contributed by atoms with Crippen molar-refractivity contribution in [3.05, 3.63) is 48.4 Å². The lowest BCUT2D eigenvalue weighted by molar-refractivity contribution is -0.137. The minimum absolute atomic E-state index is 0.0379. The number of amides is 1. The smallest absolute Gasteiger partial charge is 0.316 e. The van der Waals surface area contributed by atoms with Crippen molar-refractivity contribution in [3.63, 3.8) is 0 Å². The highest BCUT2D eigenvalue weighted by Gasteiger charge is 2.53. The van der Waals surface area contributed by atoms with Gasteiger partial charge in [0.25, 0.3) is 0 Å². The molecule has 2 heterocycles. The number of anilines is 1. The first kappa shape index (κ1) is 28.8. The van der Waals surface area contributed by atoms with Gasteiger partial charge >= 0.3 is 6.01 Å². The molecule has 9 nitrogen and oxygen atoms in total. The molecule has 0 saturated heterocycles. The molecule has 1 amide bonds. The van der Waals surface area contributed by atoms with Crippen LogP contribution in [0.3, 0.4) is 0 Å². The van der Waals surface area contributed by atoms with E-state index in [2.05, 4.69) is 42.0 Å². The molecule has 0 radical (unpaired) electrons. The molecule has 1 aromatic carbocycles. The summed E-state index contributed by atoms with van der Waals surface area (Å²) in [6.45, 7) is 11.2. The minimum atomic E-state index is -0.766. The van der Waals surface area contributed by atoms with Crippen LogP contribution in [-0.4, -0.2) is 49.9 Å². The quantitative estimate of drug-likeness (QED) is 0.349. The SMILES string of the molecule is CCOc1ncc(-c2cccc(N(CC34CCC(c5noc(C(C)(C)C)n5)(CC3)CC4)C(=O)C3CC(C)(O)C3)c2)cn1. The molecule has 7 rings (SSSR count). The van der Waals surface area contributed by atoms with Gasteiger partial charge in [-0.2, -0.15) is 4.98 Å². The topological polar surface area (TPSA) is 114 Å². The number of aromatic nitrogens is 4. The van der Waals surface area contributed by atoms with Gasteiger partial charge in [0, 0.05) is 46.9 Å². The molecule has 4 fully saturated rings. The zero-order chi connectivity index (χ0) is 29.8. The largest absolute Gasteiger partial charge is 0.464 e. The molecule has 4 aliphatic rings. The number of nitrogens with zero attached hydrogens (tertiary/aromatic N) is 5. The fraction of sp³-hybridized carbons (Fsp3) is 0.606. The lowest BCUT2D eigenvalue weighted by Crippen LogP contribution is -2.54. The van der Waals surface area contributed by atoms with Crippen LogP contribution in [0.5, 0.6) is 6.01 Å². The highest BCUT2D eigenvalue weighted by Crippen LogP contribution is 2.58. The van der Waals surface area contributed by atoms with E-state index in [9.17, 15) is 9.90 Å². The molecule has 1 N–H and O–H groups in total. The van der Waals surface area contributed by atoms with Crippen molar-refractivity contribution in [2.75, 3.05) is 18.1 Å². The Morgan fingerprint density at radius 1 is 1.07 bits per heavy atom. The first-order chi connectivity index (χ1) is 19.9. The van der Waals surface area contributed by atoms with Gasteiger partial charge in [-0.05, 0) is 88.3 Å². The van der Waals surface area contributed by atoms with Gasteiger partial charge in [0.2, 0.25) is 11.8 Å². The first-order valence-electron chi connectivity index (χ1n) is 15.3. The molecule has 224 valence electrons. The van der Waals surface area contributed by atoms with Gasteiger partial charge < -0.3 is 19.3 Å². The Kier molecular flexibility index (Phi) is 7.15. The molecule has 0 spiro atoms. The molecule has 0 atom stereocenters. The third kappa shape index (κ3) is 5.43. The number of benzene rings is 1. The van der Waals surface area contributed by atoms with Gasteiger partial charge in [0.05, 0.1) is 12.2 Å². The standard InChI is InChI=1S/C33H43N5O4/c1-6-41-29-34-19-24(20-35-29)22-8-7-9-25(16-22)38(26(39)23-17-31(5,40)18-23)21-32-10-13-33(14-11-32,15-12-32)27-36-28(42-37-27)30(2,3)4/h7-9,16,19-20,23,40H,6,10-15,17-18,21H2,1-5H3. The highest BCUT2D eigenvalue weighted by atomic mass is 16.5. The van der Waals surface area contributed by atoms with Gasteiger partial charge in [-0.3, -0.25) is 4.79 Å². The molecule has 4 aliphatic carbocycles. The number of ether oxygens (including phenoxy) is 1. The number of hydrogen-bond acceptors (Lipinski definition) is 8. The molecule has 3 aromatic rings. The van der Waals surface area contributed by atoms with Crippen LogP contribution in [0.15, 0.2) is 41.2 Å². The van der Waals surface area contributed by atoms with Gasteiger partial charge in [-0.25, -0.2) is 9.97 Å². The van der Waals surface area contributed by atoms with Crippen LogP contribution < -0.4 is 9.64 Å². The second-order valence-electron chi connectivity index (χ2n) is 14.2. The van der Waals surface area contributed by atoms with E-state index in [-0.39, 0.29) is 28.1 Å². The summed E-state index contributed by atoms with van der Waals surface area (Å²) in [5, 5.41) is 14.9. The van der Waals surface area contributed by atoms with E-state index in [1.54, 1.807) is 12.4 Å². The Labute approximate surface area is 248 Å². The van der Waals surface area contributed by atoms with Crippen molar-refractivity contribution < 1.29 is 19.2 Å². The Bertz CT molecular complexity index is 1410. The van der Waals surface area contributed by atoms with E-state index in [0.717, 1.165) is 61.2 Å². The van der Waals surface area contributed by atoms with Crippen molar-refractivity contribution in [1.29, 1.82) is 0 Å². The predicted molar refractivity (Wildman–Crippen MR) is 159 cm³/mol.